The molecule has 1 aromatic carbocycles. The van der Waals surface area contributed by atoms with E-state index in [1.165, 1.54) is 0 Å². The molecule has 0 atom stereocenters. The largest absolute Gasteiger partial charge is 0.352 e. The number of aromatic nitrogens is 2. The third-order valence-electron chi connectivity index (χ3n) is 5.18. The lowest BCUT2D eigenvalue weighted by atomic mass is 10.2. The molecule has 6 nitrogen and oxygen atoms in total. The Morgan fingerprint density at radius 3 is 2.40 bits per heavy atom. The molecule has 164 valence electrons. The lowest BCUT2D eigenvalue weighted by Crippen LogP contribution is -2.43. The Morgan fingerprint density at radius 2 is 1.77 bits per heavy atom. The highest BCUT2D eigenvalue weighted by atomic mass is 16.2. The monoisotopic (exact) mass is 412 g/mol. The highest BCUT2D eigenvalue weighted by molar-refractivity contribution is 5.92. The molecular weight excluding hydrogens is 376 g/mol. The molecule has 0 aliphatic carbocycles. The topological polar surface area (TPSA) is 67.2 Å². The van der Waals surface area contributed by atoms with Gasteiger partial charge in [-0.3, -0.25) is 9.59 Å². The standard InChI is InChI=1S/C24H36N4O2/c1-17(2)24(30)25-15-11-7-8-14-22-26-20-12-9-10-13-21(20)27(22)16-23(29)28(18(3)4)19(5)6/h9-10,12-13,18-19H,1,7-8,11,14-16H2,2-6H3,(H,25,30). The number of hydrogen-bond donors (Lipinski definition) is 1. The molecule has 0 bridgehead atoms. The smallest absolute Gasteiger partial charge is 0.246 e. The second-order valence-electron chi connectivity index (χ2n) is 8.44. The van der Waals surface area contributed by atoms with E-state index < -0.39 is 0 Å². The molecule has 0 fully saturated rings. The van der Waals surface area contributed by atoms with Gasteiger partial charge in [0, 0.05) is 30.6 Å². The molecule has 0 aliphatic rings. The number of para-hydroxylation sites is 2. The van der Waals surface area contributed by atoms with Crippen LogP contribution in [0.1, 0.15) is 59.7 Å². The number of carbonyl (C=O) groups excluding carboxylic acids is 2. The fourth-order valence-electron chi connectivity index (χ4n) is 3.82. The molecule has 0 aliphatic heterocycles. The Kier molecular flexibility index (Phi) is 8.63. The second kappa shape index (κ2) is 11.0. The number of nitrogens with one attached hydrogen (secondary N) is 1. The molecule has 0 radical (unpaired) electrons. The van der Waals surface area contributed by atoms with Crippen molar-refractivity contribution >= 4 is 22.8 Å². The molecule has 2 rings (SSSR count). The number of aryl methyl sites for hydroxylation is 1. The summed E-state index contributed by atoms with van der Waals surface area (Å²) in [6.07, 6.45) is 3.66. The maximum atomic E-state index is 13.1. The molecule has 0 unspecified atom stereocenters. The van der Waals surface area contributed by atoms with Crippen LogP contribution in [0.25, 0.3) is 11.0 Å². The number of benzene rings is 1. The summed E-state index contributed by atoms with van der Waals surface area (Å²) in [6.45, 7) is 14.5. The van der Waals surface area contributed by atoms with E-state index in [2.05, 4.69) is 44.2 Å². The summed E-state index contributed by atoms with van der Waals surface area (Å²) in [5, 5.41) is 2.86. The Hall–Kier alpha value is -2.63. The lowest BCUT2D eigenvalue weighted by molar-refractivity contribution is -0.135. The fourth-order valence-corrected chi connectivity index (χ4v) is 3.82. The quantitative estimate of drug-likeness (QED) is 0.447. The first-order valence-electron chi connectivity index (χ1n) is 10.9. The van der Waals surface area contributed by atoms with Crippen molar-refractivity contribution in [2.75, 3.05) is 6.54 Å². The van der Waals surface area contributed by atoms with Gasteiger partial charge in [-0.2, -0.15) is 0 Å². The summed E-state index contributed by atoms with van der Waals surface area (Å²) in [5.41, 5.74) is 2.46. The highest BCUT2D eigenvalue weighted by Crippen LogP contribution is 2.19. The number of hydrogen-bond acceptors (Lipinski definition) is 3. The van der Waals surface area contributed by atoms with Gasteiger partial charge in [-0.15, -0.1) is 0 Å². The number of nitrogens with zero attached hydrogens (tertiary/aromatic N) is 3. The maximum Gasteiger partial charge on any atom is 0.246 e. The average Bonchev–Trinajstić information content (AvgIpc) is 3.01. The maximum absolute atomic E-state index is 13.1. The molecule has 0 saturated carbocycles. The highest BCUT2D eigenvalue weighted by Gasteiger charge is 2.22. The molecule has 1 N–H and O–H groups in total. The molecule has 1 heterocycles. The van der Waals surface area contributed by atoms with Gasteiger partial charge in [0.25, 0.3) is 0 Å². The van der Waals surface area contributed by atoms with Crippen LogP contribution in [-0.2, 0) is 22.6 Å². The van der Waals surface area contributed by atoms with Crippen molar-refractivity contribution in [1.29, 1.82) is 0 Å². The van der Waals surface area contributed by atoms with E-state index in [1.807, 2.05) is 29.2 Å². The first-order chi connectivity index (χ1) is 14.2. The minimum Gasteiger partial charge on any atom is -0.352 e. The SMILES string of the molecule is C=C(C)C(=O)NCCCCCc1nc2ccccc2n1CC(=O)N(C(C)C)C(C)C. The zero-order valence-corrected chi connectivity index (χ0v) is 19.1. The Balaban J connectivity index is 2.05. The van der Waals surface area contributed by atoms with E-state index in [4.69, 9.17) is 4.98 Å². The third-order valence-corrected chi connectivity index (χ3v) is 5.18. The Labute approximate surface area is 180 Å². The summed E-state index contributed by atoms with van der Waals surface area (Å²) in [7, 11) is 0. The molecule has 0 spiro atoms. The summed E-state index contributed by atoms with van der Waals surface area (Å²) >= 11 is 0. The van der Waals surface area contributed by atoms with E-state index in [9.17, 15) is 9.59 Å². The Morgan fingerprint density at radius 1 is 1.10 bits per heavy atom. The van der Waals surface area contributed by atoms with Crippen molar-refractivity contribution < 1.29 is 9.59 Å². The predicted molar refractivity (Wildman–Crippen MR) is 122 cm³/mol. The van der Waals surface area contributed by atoms with Crippen LogP contribution in [0, 0.1) is 0 Å². The molecule has 6 heteroatoms. The van der Waals surface area contributed by atoms with E-state index in [-0.39, 0.29) is 23.9 Å². The van der Waals surface area contributed by atoms with E-state index >= 15 is 0 Å². The van der Waals surface area contributed by atoms with Gasteiger partial charge in [0.1, 0.15) is 12.4 Å². The molecule has 2 amide bonds. The van der Waals surface area contributed by atoms with Crippen LogP contribution in [0.5, 0.6) is 0 Å². The van der Waals surface area contributed by atoms with E-state index in [1.54, 1.807) is 6.92 Å². The number of carbonyl (C=O) groups is 2. The predicted octanol–water partition coefficient (Wildman–Crippen LogP) is 4.09. The fraction of sp³-hybridized carbons (Fsp3) is 0.542. The molecule has 0 saturated heterocycles. The van der Waals surface area contributed by atoms with Crippen molar-refractivity contribution in [3.8, 4) is 0 Å². The van der Waals surface area contributed by atoms with Gasteiger partial charge in [0.05, 0.1) is 11.0 Å². The zero-order valence-electron chi connectivity index (χ0n) is 19.1. The number of rotatable bonds is 11. The number of fused-ring (bicyclic) bond motifs is 1. The van der Waals surface area contributed by atoms with Crippen molar-refractivity contribution in [1.82, 2.24) is 19.8 Å². The van der Waals surface area contributed by atoms with E-state index in [0.29, 0.717) is 18.7 Å². The van der Waals surface area contributed by atoms with Crippen LogP contribution in [-0.4, -0.2) is 44.9 Å². The average molecular weight is 413 g/mol. The van der Waals surface area contributed by atoms with Crippen molar-refractivity contribution in [2.24, 2.45) is 0 Å². The number of amides is 2. The van der Waals surface area contributed by atoms with Crippen molar-refractivity contribution in [3.63, 3.8) is 0 Å². The molecule has 30 heavy (non-hydrogen) atoms. The van der Waals surface area contributed by atoms with E-state index in [0.717, 1.165) is 42.5 Å². The summed E-state index contributed by atoms with van der Waals surface area (Å²) in [6, 6.07) is 8.30. The minimum absolute atomic E-state index is 0.0878. The Bertz CT molecular complexity index is 874. The number of imidazole rings is 1. The molecule has 2 aromatic rings. The van der Waals surface area contributed by atoms with Crippen LogP contribution in [0.15, 0.2) is 36.4 Å². The first-order valence-corrected chi connectivity index (χ1v) is 10.9. The minimum atomic E-state index is -0.0878. The molecule has 1 aromatic heterocycles. The van der Waals surface area contributed by atoms with Gasteiger partial charge < -0.3 is 14.8 Å². The normalized spacial score (nSPS) is 11.3. The van der Waals surface area contributed by atoms with Gasteiger partial charge in [-0.05, 0) is 59.6 Å². The van der Waals surface area contributed by atoms with Crippen LogP contribution in [0.4, 0.5) is 0 Å². The summed E-state index contributed by atoms with van der Waals surface area (Å²) in [5.74, 6) is 0.977. The lowest BCUT2D eigenvalue weighted by Gasteiger charge is -2.31. The summed E-state index contributed by atoms with van der Waals surface area (Å²) in [4.78, 5) is 31.3. The van der Waals surface area contributed by atoms with Crippen LogP contribution in [0.3, 0.4) is 0 Å². The van der Waals surface area contributed by atoms with Crippen LogP contribution < -0.4 is 5.32 Å². The number of unbranched alkanes of at least 4 members (excludes halogenated alkanes) is 2. The summed E-state index contributed by atoms with van der Waals surface area (Å²) < 4.78 is 2.07. The van der Waals surface area contributed by atoms with Gasteiger partial charge in [-0.1, -0.05) is 25.1 Å². The van der Waals surface area contributed by atoms with Gasteiger partial charge in [-0.25, -0.2) is 4.98 Å². The van der Waals surface area contributed by atoms with Crippen LogP contribution >= 0.6 is 0 Å². The van der Waals surface area contributed by atoms with Gasteiger partial charge in [0.15, 0.2) is 0 Å². The van der Waals surface area contributed by atoms with Crippen LogP contribution in [0.2, 0.25) is 0 Å². The van der Waals surface area contributed by atoms with Crippen molar-refractivity contribution in [2.45, 2.75) is 78.9 Å². The first kappa shape index (κ1) is 23.6. The molecular formula is C24H36N4O2. The van der Waals surface area contributed by atoms with Crippen molar-refractivity contribution in [3.05, 3.63) is 42.2 Å². The second-order valence-corrected chi connectivity index (χ2v) is 8.44. The third kappa shape index (κ3) is 6.18. The zero-order chi connectivity index (χ0) is 22.3. The van der Waals surface area contributed by atoms with Gasteiger partial charge >= 0.3 is 0 Å². The van der Waals surface area contributed by atoms with Gasteiger partial charge in [0.2, 0.25) is 11.8 Å².